The Labute approximate surface area is 74.8 Å². The fraction of sp³-hybridized carbons (Fsp3) is 0.333. The van der Waals surface area contributed by atoms with Gasteiger partial charge in [-0.1, -0.05) is 0 Å². The van der Waals surface area contributed by atoms with Crippen molar-refractivity contribution in [2.75, 3.05) is 0 Å². The number of carboxylic acids is 1. The molecule has 0 saturated heterocycles. The SMILES string of the molecule is O=C(O)Cc1nc(C(F)(F)F)cs1. The molecule has 1 rings (SSSR count). The summed E-state index contributed by atoms with van der Waals surface area (Å²) in [6.45, 7) is 0. The van der Waals surface area contributed by atoms with E-state index in [2.05, 4.69) is 4.98 Å². The van der Waals surface area contributed by atoms with Gasteiger partial charge in [0.15, 0.2) is 5.69 Å². The topological polar surface area (TPSA) is 50.2 Å². The lowest BCUT2D eigenvalue weighted by Crippen LogP contribution is -2.06. The van der Waals surface area contributed by atoms with E-state index in [9.17, 15) is 18.0 Å². The highest BCUT2D eigenvalue weighted by Crippen LogP contribution is 2.29. The van der Waals surface area contributed by atoms with Crippen LogP contribution in [0.5, 0.6) is 0 Å². The summed E-state index contributed by atoms with van der Waals surface area (Å²) in [4.78, 5) is 13.2. The quantitative estimate of drug-likeness (QED) is 0.811. The molecule has 3 nitrogen and oxygen atoms in total. The minimum absolute atomic E-state index is 0.0418. The maximum absolute atomic E-state index is 11.9. The third-order valence-corrected chi connectivity index (χ3v) is 1.99. The molecule has 0 saturated carbocycles. The number of rotatable bonds is 2. The summed E-state index contributed by atoms with van der Waals surface area (Å²) >= 11 is 0.693. The van der Waals surface area contributed by atoms with Gasteiger partial charge in [-0.3, -0.25) is 4.79 Å². The number of carbonyl (C=O) groups is 1. The zero-order chi connectivity index (χ0) is 10.1. The van der Waals surface area contributed by atoms with Gasteiger partial charge in [0.1, 0.15) is 5.01 Å². The largest absolute Gasteiger partial charge is 0.481 e. The zero-order valence-corrected chi connectivity index (χ0v) is 6.95. The van der Waals surface area contributed by atoms with E-state index in [1.54, 1.807) is 0 Å². The molecule has 1 heterocycles. The third kappa shape index (κ3) is 2.69. The highest BCUT2D eigenvalue weighted by Gasteiger charge is 2.33. The lowest BCUT2D eigenvalue weighted by atomic mass is 10.4. The Morgan fingerprint density at radius 2 is 2.23 bits per heavy atom. The van der Waals surface area contributed by atoms with Gasteiger partial charge in [0.2, 0.25) is 0 Å². The number of aliphatic carboxylic acids is 1. The summed E-state index contributed by atoms with van der Waals surface area (Å²) in [5.41, 5.74) is -1.03. The average molecular weight is 211 g/mol. The Kier molecular flexibility index (Phi) is 2.55. The second-order valence-corrected chi connectivity index (χ2v) is 3.14. The van der Waals surface area contributed by atoms with E-state index >= 15 is 0 Å². The molecule has 0 radical (unpaired) electrons. The maximum Gasteiger partial charge on any atom is 0.434 e. The summed E-state index contributed by atoms with van der Waals surface area (Å²) in [5, 5.41) is 9.03. The molecular weight excluding hydrogens is 207 g/mol. The highest BCUT2D eigenvalue weighted by molar-refractivity contribution is 7.09. The Balaban J connectivity index is 2.81. The standard InChI is InChI=1S/C6H4F3NO2S/c7-6(8,9)3-2-13-4(10-3)1-5(11)12/h2H,1H2,(H,11,12). The number of nitrogens with zero attached hydrogens (tertiary/aromatic N) is 1. The van der Waals surface area contributed by atoms with Crippen LogP contribution in [0.2, 0.25) is 0 Å². The van der Waals surface area contributed by atoms with Crippen LogP contribution in [0.4, 0.5) is 13.2 Å². The molecule has 1 N–H and O–H groups in total. The lowest BCUT2D eigenvalue weighted by molar-refractivity contribution is -0.141. The van der Waals surface area contributed by atoms with Gasteiger partial charge < -0.3 is 5.11 Å². The molecule has 0 amide bonds. The van der Waals surface area contributed by atoms with E-state index in [0.29, 0.717) is 11.3 Å². The summed E-state index contributed by atoms with van der Waals surface area (Å²) in [6, 6.07) is 0. The Hall–Kier alpha value is -1.11. The van der Waals surface area contributed by atoms with Crippen LogP contribution in [0.15, 0.2) is 5.38 Å². The van der Waals surface area contributed by atoms with Gasteiger partial charge >= 0.3 is 12.1 Å². The molecule has 0 unspecified atom stereocenters. The first-order valence-electron chi connectivity index (χ1n) is 3.13. The minimum Gasteiger partial charge on any atom is -0.481 e. The van der Waals surface area contributed by atoms with Crippen LogP contribution >= 0.6 is 11.3 Å². The summed E-state index contributed by atoms with van der Waals surface area (Å²) in [5.74, 6) is -1.19. The monoisotopic (exact) mass is 211 g/mol. The normalized spacial score (nSPS) is 11.6. The molecular formula is C6H4F3NO2S. The smallest absolute Gasteiger partial charge is 0.434 e. The summed E-state index contributed by atoms with van der Waals surface area (Å²) in [7, 11) is 0. The number of hydrogen-bond donors (Lipinski definition) is 1. The Morgan fingerprint density at radius 3 is 2.62 bits per heavy atom. The summed E-state index contributed by atoms with van der Waals surface area (Å²) < 4.78 is 35.8. The number of aromatic nitrogens is 1. The van der Waals surface area contributed by atoms with Crippen molar-refractivity contribution < 1.29 is 23.1 Å². The fourth-order valence-corrected chi connectivity index (χ4v) is 1.44. The van der Waals surface area contributed by atoms with Crippen LogP contribution in [0.1, 0.15) is 10.7 Å². The first kappa shape index (κ1) is 9.97. The van der Waals surface area contributed by atoms with Gasteiger partial charge in [0.25, 0.3) is 0 Å². The van der Waals surface area contributed by atoms with Crippen molar-refractivity contribution in [2.45, 2.75) is 12.6 Å². The average Bonchev–Trinajstić information content (AvgIpc) is 2.32. The molecule has 0 atom stereocenters. The number of alkyl halides is 3. The van der Waals surface area contributed by atoms with E-state index in [0.717, 1.165) is 5.38 Å². The van der Waals surface area contributed by atoms with Gasteiger partial charge in [0, 0.05) is 5.38 Å². The molecule has 0 aliphatic rings. The second kappa shape index (κ2) is 3.33. The van der Waals surface area contributed by atoms with Crippen molar-refractivity contribution in [2.24, 2.45) is 0 Å². The first-order chi connectivity index (χ1) is 5.89. The maximum atomic E-state index is 11.9. The van der Waals surface area contributed by atoms with Crippen LogP contribution in [0.25, 0.3) is 0 Å². The molecule has 13 heavy (non-hydrogen) atoms. The van der Waals surface area contributed by atoms with Crippen LogP contribution in [0.3, 0.4) is 0 Å². The highest BCUT2D eigenvalue weighted by atomic mass is 32.1. The molecule has 0 aliphatic heterocycles. The van der Waals surface area contributed by atoms with Crippen LogP contribution in [-0.2, 0) is 17.4 Å². The second-order valence-electron chi connectivity index (χ2n) is 2.19. The predicted molar refractivity (Wildman–Crippen MR) is 38.5 cm³/mol. The van der Waals surface area contributed by atoms with Gasteiger partial charge in [-0.05, 0) is 0 Å². The molecule has 0 spiro atoms. The van der Waals surface area contributed by atoms with Gasteiger partial charge in [-0.25, -0.2) is 4.98 Å². The summed E-state index contributed by atoms with van der Waals surface area (Å²) in [6.07, 6.45) is -4.96. The van der Waals surface area contributed by atoms with Crippen molar-refractivity contribution in [3.63, 3.8) is 0 Å². The number of carboxylic acid groups (broad SMARTS) is 1. The number of halogens is 3. The Morgan fingerprint density at radius 1 is 1.62 bits per heavy atom. The van der Waals surface area contributed by atoms with Crippen LogP contribution in [0, 0.1) is 0 Å². The van der Waals surface area contributed by atoms with Crippen LogP contribution < -0.4 is 0 Å². The van der Waals surface area contributed by atoms with Crippen LogP contribution in [-0.4, -0.2) is 16.1 Å². The molecule has 1 aromatic heterocycles. The molecule has 0 aliphatic carbocycles. The van der Waals surface area contributed by atoms with Crippen molar-refractivity contribution in [1.29, 1.82) is 0 Å². The van der Waals surface area contributed by atoms with Gasteiger partial charge in [0.05, 0.1) is 6.42 Å². The minimum atomic E-state index is -4.49. The third-order valence-electron chi connectivity index (χ3n) is 1.14. The fourth-order valence-electron chi connectivity index (χ4n) is 0.652. The van der Waals surface area contributed by atoms with E-state index in [-0.39, 0.29) is 5.01 Å². The van der Waals surface area contributed by atoms with E-state index in [1.165, 1.54) is 0 Å². The molecule has 0 aromatic carbocycles. The molecule has 72 valence electrons. The van der Waals surface area contributed by atoms with Crippen molar-refractivity contribution in [3.05, 3.63) is 16.1 Å². The zero-order valence-electron chi connectivity index (χ0n) is 6.13. The van der Waals surface area contributed by atoms with Crippen molar-refractivity contribution in [3.8, 4) is 0 Å². The predicted octanol–water partition coefficient (Wildman–Crippen LogP) is 1.79. The number of thiazole rings is 1. The van der Waals surface area contributed by atoms with Gasteiger partial charge in [-0.2, -0.15) is 13.2 Å². The van der Waals surface area contributed by atoms with E-state index < -0.39 is 24.3 Å². The van der Waals surface area contributed by atoms with Gasteiger partial charge in [-0.15, -0.1) is 11.3 Å². The first-order valence-corrected chi connectivity index (χ1v) is 4.01. The van der Waals surface area contributed by atoms with E-state index in [4.69, 9.17) is 5.11 Å². The molecule has 0 bridgehead atoms. The lowest BCUT2D eigenvalue weighted by Gasteiger charge is -1.99. The molecule has 0 fully saturated rings. The van der Waals surface area contributed by atoms with Crippen molar-refractivity contribution >= 4 is 17.3 Å². The van der Waals surface area contributed by atoms with Crippen molar-refractivity contribution in [1.82, 2.24) is 4.98 Å². The number of hydrogen-bond acceptors (Lipinski definition) is 3. The molecule has 7 heteroatoms. The Bertz CT molecular complexity index is 320. The van der Waals surface area contributed by atoms with E-state index in [1.807, 2.05) is 0 Å². The molecule has 1 aromatic rings.